The van der Waals surface area contributed by atoms with Crippen molar-refractivity contribution in [2.24, 2.45) is 17.3 Å². The minimum Gasteiger partial charge on any atom is -0.488 e. The fourth-order valence-electron chi connectivity index (χ4n) is 3.86. The summed E-state index contributed by atoms with van der Waals surface area (Å²) in [5, 5.41) is 11.4. The van der Waals surface area contributed by atoms with Crippen LogP contribution in [-0.2, 0) is 14.3 Å². The molecule has 2 aliphatic rings. The first-order valence-electron chi connectivity index (χ1n) is 7.91. The summed E-state index contributed by atoms with van der Waals surface area (Å²) in [6.45, 7) is 13.5. The average molecular weight is 296 g/mol. The molecule has 1 fully saturated rings. The van der Waals surface area contributed by atoms with Gasteiger partial charge in [0, 0.05) is 0 Å². The Hall–Kier alpha value is -1.03. The van der Waals surface area contributed by atoms with E-state index in [4.69, 9.17) is 9.47 Å². The Morgan fingerprint density at radius 1 is 1.14 bits per heavy atom. The molecule has 0 heterocycles. The van der Waals surface area contributed by atoms with Gasteiger partial charge in [0.1, 0.15) is 5.60 Å². The number of aliphatic hydroxyl groups is 1. The molecule has 0 amide bonds. The van der Waals surface area contributed by atoms with Gasteiger partial charge in [-0.25, -0.2) is 0 Å². The third-order valence-electron chi connectivity index (χ3n) is 5.05. The Morgan fingerprint density at radius 2 is 1.67 bits per heavy atom. The molecule has 4 heteroatoms. The molecule has 2 rings (SSSR count). The first-order valence-corrected chi connectivity index (χ1v) is 7.91. The van der Waals surface area contributed by atoms with Crippen molar-refractivity contribution in [2.75, 3.05) is 0 Å². The van der Waals surface area contributed by atoms with E-state index < -0.39 is 11.0 Å². The third kappa shape index (κ3) is 2.10. The van der Waals surface area contributed by atoms with Gasteiger partial charge < -0.3 is 14.6 Å². The van der Waals surface area contributed by atoms with Gasteiger partial charge in [-0.3, -0.25) is 4.79 Å². The molecule has 120 valence electrons. The van der Waals surface area contributed by atoms with Crippen molar-refractivity contribution in [3.63, 3.8) is 0 Å². The van der Waals surface area contributed by atoms with Gasteiger partial charge in [-0.1, -0.05) is 13.8 Å². The monoisotopic (exact) mass is 296 g/mol. The van der Waals surface area contributed by atoms with E-state index in [-0.39, 0.29) is 35.6 Å². The number of hydrogen-bond acceptors (Lipinski definition) is 4. The van der Waals surface area contributed by atoms with Crippen LogP contribution in [0.1, 0.15) is 54.9 Å². The number of hydrogen-bond donors (Lipinski definition) is 1. The second kappa shape index (κ2) is 5.01. The highest BCUT2D eigenvalue weighted by molar-refractivity contribution is 6.03. The summed E-state index contributed by atoms with van der Waals surface area (Å²) in [6.07, 6.45) is 0.404. The first-order chi connectivity index (χ1) is 9.55. The normalized spacial score (nSPS) is 39.4. The maximum atomic E-state index is 12.9. The number of ketones is 1. The van der Waals surface area contributed by atoms with Gasteiger partial charge in [-0.15, -0.1) is 0 Å². The van der Waals surface area contributed by atoms with Gasteiger partial charge in [0.05, 0.1) is 17.6 Å². The Bertz CT molecular complexity index is 479. The number of carbonyl (C=O) groups is 1. The van der Waals surface area contributed by atoms with Crippen molar-refractivity contribution in [3.05, 3.63) is 11.5 Å². The molecule has 4 nitrogen and oxygen atoms in total. The van der Waals surface area contributed by atoms with Crippen LogP contribution in [0.2, 0.25) is 0 Å². The Morgan fingerprint density at radius 3 is 2.14 bits per heavy atom. The maximum absolute atomic E-state index is 12.9. The molecule has 0 radical (unpaired) electrons. The number of rotatable bonds is 4. The summed E-state index contributed by atoms with van der Waals surface area (Å²) in [4.78, 5) is 12.9. The number of Topliss-reactive ketones (excluding diaryl/α,β-unsaturated/α-hetero) is 1. The second-order valence-electron chi connectivity index (χ2n) is 7.39. The van der Waals surface area contributed by atoms with E-state index in [1.807, 2.05) is 41.5 Å². The highest BCUT2D eigenvalue weighted by Gasteiger charge is 2.71. The van der Waals surface area contributed by atoms with Gasteiger partial charge in [0.2, 0.25) is 11.5 Å². The van der Waals surface area contributed by atoms with Crippen LogP contribution in [0.3, 0.4) is 0 Å². The summed E-state index contributed by atoms with van der Waals surface area (Å²) < 4.78 is 11.6. The topological polar surface area (TPSA) is 55.8 Å². The Labute approximate surface area is 127 Å². The number of ether oxygens (including phenoxy) is 2. The van der Waals surface area contributed by atoms with Gasteiger partial charge >= 0.3 is 0 Å². The van der Waals surface area contributed by atoms with E-state index in [2.05, 4.69) is 6.92 Å². The molecule has 21 heavy (non-hydrogen) atoms. The molecule has 0 unspecified atom stereocenters. The highest BCUT2D eigenvalue weighted by Crippen LogP contribution is 2.62. The molecular weight excluding hydrogens is 268 g/mol. The summed E-state index contributed by atoms with van der Waals surface area (Å²) in [7, 11) is 0. The van der Waals surface area contributed by atoms with E-state index in [9.17, 15) is 9.90 Å². The Balaban J connectivity index is 2.58. The predicted octanol–water partition coefficient (Wildman–Crippen LogP) is 3.04. The molecule has 2 aliphatic carbocycles. The highest BCUT2D eigenvalue weighted by atomic mass is 16.5. The van der Waals surface area contributed by atoms with Crippen LogP contribution >= 0.6 is 0 Å². The van der Waals surface area contributed by atoms with E-state index in [1.165, 1.54) is 0 Å². The maximum Gasteiger partial charge on any atom is 0.210 e. The molecule has 0 spiro atoms. The summed E-state index contributed by atoms with van der Waals surface area (Å²) in [6, 6.07) is 0. The van der Waals surface area contributed by atoms with E-state index in [1.54, 1.807) is 0 Å². The standard InChI is InChI=1S/C17H28O4/c1-9(2)20-13-14(18)16(7)8-11(5)12(6)17(16,19)15(13)21-10(3)4/h9-12,19H,8H2,1-7H3/t11-,12-,16-,17-/m0/s1. The third-order valence-corrected chi connectivity index (χ3v) is 5.05. The van der Waals surface area contributed by atoms with Crippen molar-refractivity contribution in [2.45, 2.75) is 72.7 Å². The molecule has 0 saturated heterocycles. The first kappa shape index (κ1) is 16.3. The summed E-state index contributed by atoms with van der Waals surface area (Å²) in [5.74, 6) is 0.660. The zero-order valence-corrected chi connectivity index (χ0v) is 14.2. The van der Waals surface area contributed by atoms with Crippen molar-refractivity contribution in [1.82, 2.24) is 0 Å². The lowest BCUT2D eigenvalue weighted by Gasteiger charge is -2.36. The Kier molecular flexibility index (Phi) is 3.90. The average Bonchev–Trinajstić information content (AvgIpc) is 2.62. The molecule has 1 N–H and O–H groups in total. The van der Waals surface area contributed by atoms with Crippen molar-refractivity contribution in [3.8, 4) is 0 Å². The second-order valence-corrected chi connectivity index (χ2v) is 7.39. The lowest BCUT2D eigenvalue weighted by Crippen LogP contribution is -2.48. The van der Waals surface area contributed by atoms with Crippen LogP contribution in [0.5, 0.6) is 0 Å². The van der Waals surface area contributed by atoms with E-state index >= 15 is 0 Å². The molecule has 0 aromatic rings. The van der Waals surface area contributed by atoms with Crippen molar-refractivity contribution >= 4 is 5.78 Å². The molecule has 0 aromatic carbocycles. The van der Waals surface area contributed by atoms with Crippen LogP contribution in [0.4, 0.5) is 0 Å². The van der Waals surface area contributed by atoms with Crippen LogP contribution < -0.4 is 0 Å². The predicted molar refractivity (Wildman–Crippen MR) is 80.5 cm³/mol. The lowest BCUT2D eigenvalue weighted by molar-refractivity contribution is -0.137. The zero-order valence-electron chi connectivity index (χ0n) is 14.2. The lowest BCUT2D eigenvalue weighted by atomic mass is 9.74. The van der Waals surface area contributed by atoms with E-state index in [0.29, 0.717) is 12.2 Å². The minimum atomic E-state index is -1.27. The molecule has 0 aliphatic heterocycles. The fraction of sp³-hybridized carbons (Fsp3) is 0.824. The zero-order chi connectivity index (χ0) is 16.2. The summed E-state index contributed by atoms with van der Waals surface area (Å²) >= 11 is 0. The smallest absolute Gasteiger partial charge is 0.210 e. The minimum absolute atomic E-state index is 0.0477. The number of carbonyl (C=O) groups excluding carboxylic acids is 1. The molecule has 4 atom stereocenters. The molecule has 0 bridgehead atoms. The van der Waals surface area contributed by atoms with Gasteiger partial charge in [0.15, 0.2) is 5.76 Å². The SMILES string of the molecule is CC(C)OC1=C(OC(C)C)[C@@]2(O)[C@@H](C)[C@@H](C)C[C@@]2(C)C1=O. The number of allylic oxidation sites excluding steroid dienone is 1. The largest absolute Gasteiger partial charge is 0.488 e. The number of fused-ring (bicyclic) bond motifs is 1. The van der Waals surface area contributed by atoms with Gasteiger partial charge in [-0.05, 0) is 52.9 Å². The van der Waals surface area contributed by atoms with Gasteiger partial charge in [-0.2, -0.15) is 0 Å². The quantitative estimate of drug-likeness (QED) is 0.866. The van der Waals surface area contributed by atoms with Crippen molar-refractivity contribution in [1.29, 1.82) is 0 Å². The molecular formula is C17H28O4. The van der Waals surface area contributed by atoms with Crippen molar-refractivity contribution < 1.29 is 19.4 Å². The van der Waals surface area contributed by atoms with E-state index in [0.717, 1.165) is 0 Å². The fourth-order valence-corrected chi connectivity index (χ4v) is 3.86. The van der Waals surface area contributed by atoms with Crippen LogP contribution in [0.25, 0.3) is 0 Å². The van der Waals surface area contributed by atoms with Crippen LogP contribution in [0, 0.1) is 17.3 Å². The van der Waals surface area contributed by atoms with Gasteiger partial charge in [0.25, 0.3) is 0 Å². The molecule has 0 aromatic heterocycles. The van der Waals surface area contributed by atoms with Crippen LogP contribution in [-0.4, -0.2) is 28.7 Å². The molecule has 1 saturated carbocycles. The summed E-state index contributed by atoms with van der Waals surface area (Å²) in [5.41, 5.74) is -2.11. The van der Waals surface area contributed by atoms with Crippen LogP contribution in [0.15, 0.2) is 11.5 Å².